The van der Waals surface area contributed by atoms with E-state index < -0.39 is 0 Å². The zero-order chi connectivity index (χ0) is 13.9. The molecule has 5 heteroatoms. The Bertz CT molecular complexity index is 534. The highest BCUT2D eigenvalue weighted by Crippen LogP contribution is 2.25. The van der Waals surface area contributed by atoms with Crippen molar-refractivity contribution >= 4 is 11.3 Å². The Kier molecular flexibility index (Phi) is 4.19. The highest BCUT2D eigenvalue weighted by molar-refractivity contribution is 7.10. The Morgan fingerprint density at radius 3 is 3.00 bits per heavy atom. The lowest BCUT2D eigenvalue weighted by molar-refractivity contribution is 0.382. The molecule has 0 radical (unpaired) electrons. The van der Waals surface area contributed by atoms with Gasteiger partial charge in [-0.15, -0.1) is 11.3 Å². The first-order chi connectivity index (χ1) is 9.74. The third-order valence-corrected chi connectivity index (χ3v) is 4.98. The third kappa shape index (κ3) is 2.95. The minimum Gasteiger partial charge on any atom is -0.336 e. The Labute approximate surface area is 124 Å². The van der Waals surface area contributed by atoms with Crippen molar-refractivity contribution in [2.45, 2.75) is 12.5 Å². The van der Waals surface area contributed by atoms with Crippen LogP contribution in [0.5, 0.6) is 0 Å². The van der Waals surface area contributed by atoms with Crippen LogP contribution in [-0.2, 0) is 7.05 Å². The summed E-state index contributed by atoms with van der Waals surface area (Å²) in [5.41, 5.74) is 0. The van der Waals surface area contributed by atoms with Crippen LogP contribution < -0.4 is 5.32 Å². The van der Waals surface area contributed by atoms with Gasteiger partial charge in [-0.05, 0) is 37.4 Å². The van der Waals surface area contributed by atoms with Crippen molar-refractivity contribution in [2.75, 3.05) is 26.7 Å². The van der Waals surface area contributed by atoms with Gasteiger partial charge in [0.2, 0.25) is 0 Å². The van der Waals surface area contributed by atoms with E-state index in [1.165, 1.54) is 24.4 Å². The number of aromatic nitrogens is 2. The zero-order valence-electron chi connectivity index (χ0n) is 12.1. The van der Waals surface area contributed by atoms with Crippen molar-refractivity contribution in [3.63, 3.8) is 0 Å². The zero-order valence-corrected chi connectivity index (χ0v) is 12.9. The summed E-state index contributed by atoms with van der Waals surface area (Å²) in [6, 6.07) is 4.51. The van der Waals surface area contributed by atoms with E-state index in [1.807, 2.05) is 12.4 Å². The van der Waals surface area contributed by atoms with Gasteiger partial charge >= 0.3 is 0 Å². The van der Waals surface area contributed by atoms with Crippen molar-refractivity contribution in [2.24, 2.45) is 13.0 Å². The monoisotopic (exact) mass is 290 g/mol. The molecule has 0 amide bonds. The van der Waals surface area contributed by atoms with Gasteiger partial charge in [0.1, 0.15) is 11.9 Å². The molecule has 2 unspecified atom stereocenters. The summed E-state index contributed by atoms with van der Waals surface area (Å²) in [6.45, 7) is 3.48. The van der Waals surface area contributed by atoms with Crippen LogP contribution in [0.4, 0.5) is 0 Å². The summed E-state index contributed by atoms with van der Waals surface area (Å²) < 4.78 is 2.11. The number of imidazole rings is 1. The van der Waals surface area contributed by atoms with Gasteiger partial charge in [-0.1, -0.05) is 6.07 Å². The van der Waals surface area contributed by atoms with E-state index >= 15 is 0 Å². The molecule has 4 nitrogen and oxygen atoms in total. The molecule has 3 heterocycles. The molecule has 0 saturated carbocycles. The molecule has 1 saturated heterocycles. The molecule has 2 aromatic rings. The molecule has 2 atom stereocenters. The molecule has 20 heavy (non-hydrogen) atoms. The normalized spacial score (nSPS) is 21.4. The van der Waals surface area contributed by atoms with Crippen LogP contribution in [0.3, 0.4) is 0 Å². The number of likely N-dealkylation sites (tertiary alicyclic amines) is 1. The van der Waals surface area contributed by atoms with Crippen molar-refractivity contribution in [1.29, 1.82) is 0 Å². The SMILES string of the molecule is CN1CCC(CNC(c2cccs2)c2nccn2C)C1. The smallest absolute Gasteiger partial charge is 0.131 e. The maximum absolute atomic E-state index is 4.53. The molecule has 1 fully saturated rings. The fourth-order valence-electron chi connectivity index (χ4n) is 2.91. The lowest BCUT2D eigenvalue weighted by atomic mass is 10.1. The van der Waals surface area contributed by atoms with Gasteiger partial charge in [-0.2, -0.15) is 0 Å². The van der Waals surface area contributed by atoms with Crippen molar-refractivity contribution < 1.29 is 0 Å². The van der Waals surface area contributed by atoms with E-state index in [4.69, 9.17) is 0 Å². The van der Waals surface area contributed by atoms with E-state index in [1.54, 1.807) is 11.3 Å². The van der Waals surface area contributed by atoms with E-state index in [-0.39, 0.29) is 6.04 Å². The quantitative estimate of drug-likeness (QED) is 0.915. The molecule has 0 spiro atoms. The molecule has 0 aromatic carbocycles. The first-order valence-electron chi connectivity index (χ1n) is 7.16. The number of thiophene rings is 1. The maximum Gasteiger partial charge on any atom is 0.131 e. The molecule has 1 aliphatic rings. The van der Waals surface area contributed by atoms with Crippen LogP contribution in [0.25, 0.3) is 0 Å². The number of hydrogen-bond acceptors (Lipinski definition) is 4. The summed E-state index contributed by atoms with van der Waals surface area (Å²) in [5.74, 6) is 1.85. The predicted octanol–water partition coefficient (Wildman–Crippen LogP) is 2.11. The van der Waals surface area contributed by atoms with E-state index in [9.17, 15) is 0 Å². The summed E-state index contributed by atoms with van der Waals surface area (Å²) in [7, 11) is 4.27. The van der Waals surface area contributed by atoms with E-state index in [0.29, 0.717) is 0 Å². The summed E-state index contributed by atoms with van der Waals surface area (Å²) >= 11 is 1.79. The van der Waals surface area contributed by atoms with E-state index in [2.05, 4.69) is 51.4 Å². The summed E-state index contributed by atoms with van der Waals surface area (Å²) in [4.78, 5) is 8.28. The molecule has 1 N–H and O–H groups in total. The predicted molar refractivity (Wildman–Crippen MR) is 83.0 cm³/mol. The fraction of sp³-hybridized carbons (Fsp3) is 0.533. The average Bonchev–Trinajstić information content (AvgIpc) is 3.14. The Morgan fingerprint density at radius 1 is 1.50 bits per heavy atom. The second-order valence-corrected chi connectivity index (χ2v) is 6.65. The Morgan fingerprint density at radius 2 is 2.40 bits per heavy atom. The largest absolute Gasteiger partial charge is 0.336 e. The van der Waals surface area contributed by atoms with Gasteiger partial charge < -0.3 is 14.8 Å². The molecule has 0 bridgehead atoms. The van der Waals surface area contributed by atoms with Gasteiger partial charge in [0.25, 0.3) is 0 Å². The number of rotatable bonds is 5. The van der Waals surface area contributed by atoms with Crippen LogP contribution in [-0.4, -0.2) is 41.1 Å². The first kappa shape index (κ1) is 13.8. The van der Waals surface area contributed by atoms with Gasteiger partial charge in [0, 0.05) is 37.4 Å². The molecular formula is C15H22N4S. The summed E-state index contributed by atoms with van der Waals surface area (Å²) in [5, 5.41) is 5.86. The standard InChI is InChI=1S/C15H22N4S/c1-18-7-5-12(11-18)10-17-14(13-4-3-9-20-13)15-16-6-8-19(15)2/h3-4,6,8-9,12,14,17H,5,7,10-11H2,1-2H3. The average molecular weight is 290 g/mol. The van der Waals surface area contributed by atoms with Crippen LogP contribution in [0.1, 0.15) is 23.2 Å². The maximum atomic E-state index is 4.53. The highest BCUT2D eigenvalue weighted by atomic mass is 32.1. The molecular weight excluding hydrogens is 268 g/mol. The summed E-state index contributed by atoms with van der Waals surface area (Å²) in [6.07, 6.45) is 5.18. The number of aryl methyl sites for hydroxylation is 1. The molecule has 108 valence electrons. The van der Waals surface area contributed by atoms with Gasteiger partial charge in [-0.3, -0.25) is 0 Å². The molecule has 0 aliphatic carbocycles. The van der Waals surface area contributed by atoms with Crippen LogP contribution in [0, 0.1) is 5.92 Å². The Hall–Kier alpha value is -1.17. The van der Waals surface area contributed by atoms with Crippen LogP contribution >= 0.6 is 11.3 Å². The second kappa shape index (κ2) is 6.08. The topological polar surface area (TPSA) is 33.1 Å². The third-order valence-electron chi connectivity index (χ3n) is 4.04. The highest BCUT2D eigenvalue weighted by Gasteiger charge is 2.23. The minimum atomic E-state index is 0.209. The molecule has 2 aromatic heterocycles. The molecule has 3 rings (SSSR count). The van der Waals surface area contributed by atoms with Crippen molar-refractivity contribution in [3.05, 3.63) is 40.6 Å². The lowest BCUT2D eigenvalue weighted by Crippen LogP contribution is -2.30. The van der Waals surface area contributed by atoms with Crippen molar-refractivity contribution in [3.8, 4) is 0 Å². The lowest BCUT2D eigenvalue weighted by Gasteiger charge is -2.20. The van der Waals surface area contributed by atoms with Crippen LogP contribution in [0.2, 0.25) is 0 Å². The first-order valence-corrected chi connectivity index (χ1v) is 8.04. The van der Waals surface area contributed by atoms with Gasteiger partial charge in [-0.25, -0.2) is 4.98 Å². The minimum absolute atomic E-state index is 0.209. The van der Waals surface area contributed by atoms with Gasteiger partial charge in [0.05, 0.1) is 0 Å². The van der Waals surface area contributed by atoms with Gasteiger partial charge in [0.15, 0.2) is 0 Å². The fourth-order valence-corrected chi connectivity index (χ4v) is 3.70. The Balaban J connectivity index is 1.72. The number of nitrogens with one attached hydrogen (secondary N) is 1. The molecule has 1 aliphatic heterocycles. The van der Waals surface area contributed by atoms with Crippen LogP contribution in [0.15, 0.2) is 29.9 Å². The van der Waals surface area contributed by atoms with E-state index in [0.717, 1.165) is 18.3 Å². The number of hydrogen-bond donors (Lipinski definition) is 1. The van der Waals surface area contributed by atoms with Crippen molar-refractivity contribution in [1.82, 2.24) is 19.8 Å². The second-order valence-electron chi connectivity index (χ2n) is 5.67. The number of nitrogens with zero attached hydrogens (tertiary/aromatic N) is 3.